The average molecular weight is 497 g/mol. The van der Waals surface area contributed by atoms with Crippen LogP contribution in [0.25, 0.3) is 0 Å². The van der Waals surface area contributed by atoms with E-state index in [1.807, 2.05) is 6.07 Å². The van der Waals surface area contributed by atoms with Gasteiger partial charge in [0.1, 0.15) is 18.4 Å². The van der Waals surface area contributed by atoms with Gasteiger partial charge in [0.05, 0.1) is 5.69 Å². The number of hydrogen-bond acceptors (Lipinski definition) is 4. The molecule has 6 nitrogen and oxygen atoms in total. The summed E-state index contributed by atoms with van der Waals surface area (Å²) < 4.78 is 33.0. The van der Waals surface area contributed by atoms with Crippen LogP contribution in [0.4, 0.5) is 19.3 Å². The number of alkyl carbamates (subject to hydrolysis) is 1. The summed E-state index contributed by atoms with van der Waals surface area (Å²) in [6.07, 6.45) is -1.38. The number of benzene rings is 2. The SMILES string of the molecule is O=C(N[C@@H](C(=O)Nc1cc(Br)ccc1O)C1CCC(F)(F)CC1)OCc1ccccc1. The lowest BCUT2D eigenvalue weighted by molar-refractivity contribution is -0.121. The number of carbonyl (C=O) groups is 2. The van der Waals surface area contributed by atoms with Crippen molar-refractivity contribution in [2.75, 3.05) is 5.32 Å². The van der Waals surface area contributed by atoms with Crippen molar-refractivity contribution in [3.05, 3.63) is 58.6 Å². The Hall–Kier alpha value is -2.68. The minimum absolute atomic E-state index is 0.0101. The molecule has 1 aliphatic rings. The molecular formula is C22H23BrF2N2O4. The van der Waals surface area contributed by atoms with E-state index < -0.39 is 29.9 Å². The lowest BCUT2D eigenvalue weighted by Gasteiger charge is -2.33. The molecule has 3 rings (SSSR count). The van der Waals surface area contributed by atoms with Crippen molar-refractivity contribution in [3.63, 3.8) is 0 Å². The Morgan fingerprint density at radius 1 is 1.16 bits per heavy atom. The van der Waals surface area contributed by atoms with Crippen LogP contribution in [0, 0.1) is 5.92 Å². The van der Waals surface area contributed by atoms with Gasteiger partial charge in [-0.3, -0.25) is 4.79 Å². The molecule has 2 aromatic rings. The molecule has 2 amide bonds. The molecule has 1 fully saturated rings. The molecule has 3 N–H and O–H groups in total. The highest BCUT2D eigenvalue weighted by atomic mass is 79.9. The molecule has 0 heterocycles. The Morgan fingerprint density at radius 3 is 2.52 bits per heavy atom. The summed E-state index contributed by atoms with van der Waals surface area (Å²) in [5, 5.41) is 15.1. The number of amides is 2. The Balaban J connectivity index is 1.70. The van der Waals surface area contributed by atoms with Gasteiger partial charge in [0.15, 0.2) is 0 Å². The molecule has 9 heteroatoms. The molecule has 0 spiro atoms. The van der Waals surface area contributed by atoms with Gasteiger partial charge in [-0.15, -0.1) is 0 Å². The smallest absolute Gasteiger partial charge is 0.408 e. The predicted octanol–water partition coefficient (Wildman–Crippen LogP) is 5.21. The van der Waals surface area contributed by atoms with E-state index in [0.29, 0.717) is 4.47 Å². The maximum atomic E-state index is 13.6. The summed E-state index contributed by atoms with van der Waals surface area (Å²) in [6, 6.07) is 12.4. The largest absolute Gasteiger partial charge is 0.506 e. The fourth-order valence-electron chi connectivity index (χ4n) is 3.50. The third kappa shape index (κ3) is 6.65. The highest BCUT2D eigenvalue weighted by molar-refractivity contribution is 9.10. The molecule has 166 valence electrons. The topological polar surface area (TPSA) is 87.7 Å². The molecule has 2 aromatic carbocycles. The zero-order valence-corrected chi connectivity index (χ0v) is 18.2. The number of phenols is 1. The van der Waals surface area contributed by atoms with Crippen molar-refractivity contribution in [1.82, 2.24) is 5.32 Å². The van der Waals surface area contributed by atoms with Gasteiger partial charge in [0, 0.05) is 17.3 Å². The van der Waals surface area contributed by atoms with Crippen LogP contribution in [0.1, 0.15) is 31.2 Å². The van der Waals surface area contributed by atoms with Gasteiger partial charge in [-0.05, 0) is 42.5 Å². The average Bonchev–Trinajstić information content (AvgIpc) is 2.74. The second kappa shape index (κ2) is 10.1. The van der Waals surface area contributed by atoms with E-state index >= 15 is 0 Å². The third-order valence-corrected chi connectivity index (χ3v) is 5.71. The summed E-state index contributed by atoms with van der Waals surface area (Å²) in [6.45, 7) is 0.0101. The number of rotatable bonds is 6. The van der Waals surface area contributed by atoms with Gasteiger partial charge in [-0.2, -0.15) is 0 Å². The maximum Gasteiger partial charge on any atom is 0.408 e. The van der Waals surface area contributed by atoms with E-state index in [2.05, 4.69) is 26.6 Å². The van der Waals surface area contributed by atoms with Gasteiger partial charge in [-0.1, -0.05) is 46.3 Å². The fraction of sp³-hybridized carbons (Fsp3) is 0.364. The highest BCUT2D eigenvalue weighted by Gasteiger charge is 2.40. The molecule has 1 aliphatic carbocycles. The number of phenolic OH excluding ortho intramolecular Hbond substituents is 1. The number of halogens is 3. The van der Waals surface area contributed by atoms with Crippen molar-refractivity contribution < 1.29 is 28.2 Å². The minimum atomic E-state index is -2.77. The van der Waals surface area contributed by atoms with Crippen molar-refractivity contribution in [3.8, 4) is 5.75 Å². The predicted molar refractivity (Wildman–Crippen MR) is 115 cm³/mol. The number of ether oxygens (including phenoxy) is 1. The number of alkyl halides is 2. The monoisotopic (exact) mass is 496 g/mol. The first-order chi connectivity index (χ1) is 14.7. The standard InChI is InChI=1S/C22H23BrF2N2O4/c23-16-6-7-18(28)17(12-16)26-20(29)19(15-8-10-22(24,25)11-9-15)27-21(30)31-13-14-4-2-1-3-5-14/h1-7,12,15,19,28H,8-11,13H2,(H,26,29)(H,27,30)/t19-/m1/s1. The van der Waals surface area contributed by atoms with Crippen molar-refractivity contribution in [2.24, 2.45) is 5.92 Å². The highest BCUT2D eigenvalue weighted by Crippen LogP contribution is 2.38. The second-order valence-electron chi connectivity index (χ2n) is 7.53. The van der Waals surface area contributed by atoms with E-state index in [4.69, 9.17) is 4.74 Å². The van der Waals surface area contributed by atoms with Gasteiger partial charge >= 0.3 is 6.09 Å². The van der Waals surface area contributed by atoms with E-state index in [1.165, 1.54) is 12.1 Å². The lowest BCUT2D eigenvalue weighted by Crippen LogP contribution is -2.50. The zero-order chi connectivity index (χ0) is 22.4. The van der Waals surface area contributed by atoms with Gasteiger partial charge in [0.2, 0.25) is 11.8 Å². The molecule has 0 radical (unpaired) electrons. The van der Waals surface area contributed by atoms with Crippen LogP contribution in [0.15, 0.2) is 53.0 Å². The summed E-state index contributed by atoms with van der Waals surface area (Å²) in [7, 11) is 0. The Kier molecular flexibility index (Phi) is 7.48. The molecule has 1 atom stereocenters. The van der Waals surface area contributed by atoms with E-state index in [0.717, 1.165) is 5.56 Å². The second-order valence-corrected chi connectivity index (χ2v) is 8.44. The van der Waals surface area contributed by atoms with E-state index in [9.17, 15) is 23.5 Å². The Morgan fingerprint density at radius 2 is 1.84 bits per heavy atom. The quantitative estimate of drug-likeness (QED) is 0.478. The van der Waals surface area contributed by atoms with Gasteiger partial charge < -0.3 is 20.5 Å². The molecule has 0 saturated heterocycles. The van der Waals surface area contributed by atoms with Crippen molar-refractivity contribution in [1.29, 1.82) is 0 Å². The summed E-state index contributed by atoms with van der Waals surface area (Å²) in [5.74, 6) is -4.02. The number of carbonyl (C=O) groups excluding carboxylic acids is 2. The normalized spacial score (nSPS) is 16.9. The lowest BCUT2D eigenvalue weighted by atomic mass is 9.81. The molecule has 31 heavy (non-hydrogen) atoms. The maximum absolute atomic E-state index is 13.6. The molecule has 0 aliphatic heterocycles. The van der Waals surface area contributed by atoms with E-state index in [-0.39, 0.29) is 43.7 Å². The number of aromatic hydroxyl groups is 1. The summed E-state index contributed by atoms with van der Waals surface area (Å²) in [4.78, 5) is 25.3. The Bertz CT molecular complexity index is 917. The molecule has 0 unspecified atom stereocenters. The van der Waals surface area contributed by atoms with Gasteiger partial charge in [-0.25, -0.2) is 13.6 Å². The van der Waals surface area contributed by atoms with Crippen molar-refractivity contribution in [2.45, 2.75) is 44.3 Å². The number of nitrogens with one attached hydrogen (secondary N) is 2. The fourth-order valence-corrected chi connectivity index (χ4v) is 3.86. The van der Waals surface area contributed by atoms with E-state index in [1.54, 1.807) is 30.3 Å². The van der Waals surface area contributed by atoms with Crippen LogP contribution in [-0.2, 0) is 16.1 Å². The third-order valence-electron chi connectivity index (χ3n) is 5.22. The molecule has 1 saturated carbocycles. The van der Waals surface area contributed by atoms with Crippen LogP contribution >= 0.6 is 15.9 Å². The number of hydrogen-bond donors (Lipinski definition) is 3. The zero-order valence-electron chi connectivity index (χ0n) is 16.6. The molecule has 0 aromatic heterocycles. The molecule has 0 bridgehead atoms. The van der Waals surface area contributed by atoms with Crippen LogP contribution in [0.3, 0.4) is 0 Å². The molecular weight excluding hydrogens is 474 g/mol. The van der Waals surface area contributed by atoms with Crippen LogP contribution < -0.4 is 10.6 Å². The van der Waals surface area contributed by atoms with Crippen LogP contribution in [0.2, 0.25) is 0 Å². The Labute approximate surface area is 187 Å². The van der Waals surface area contributed by atoms with Crippen LogP contribution in [-0.4, -0.2) is 29.1 Å². The summed E-state index contributed by atoms with van der Waals surface area (Å²) >= 11 is 3.26. The van der Waals surface area contributed by atoms with Gasteiger partial charge in [0.25, 0.3) is 0 Å². The minimum Gasteiger partial charge on any atom is -0.506 e. The van der Waals surface area contributed by atoms with Crippen LogP contribution in [0.5, 0.6) is 5.75 Å². The first-order valence-electron chi connectivity index (χ1n) is 9.88. The first kappa shape index (κ1) is 23.0. The van der Waals surface area contributed by atoms with Crippen molar-refractivity contribution >= 4 is 33.6 Å². The number of anilines is 1. The first-order valence-corrected chi connectivity index (χ1v) is 10.7. The summed E-state index contributed by atoms with van der Waals surface area (Å²) in [5.41, 5.74) is 0.917.